The molecule has 0 saturated heterocycles. The molecule has 0 atom stereocenters. The van der Waals surface area contributed by atoms with Crippen LogP contribution in [0.3, 0.4) is 0 Å². The second-order valence-electron chi connectivity index (χ2n) is 5.94. The van der Waals surface area contributed by atoms with Gasteiger partial charge in [0, 0.05) is 24.1 Å². The summed E-state index contributed by atoms with van der Waals surface area (Å²) in [5.41, 5.74) is 1.63. The average molecular weight is 384 g/mol. The van der Waals surface area contributed by atoms with Gasteiger partial charge in [-0.1, -0.05) is 12.1 Å². The molecule has 0 bridgehead atoms. The van der Waals surface area contributed by atoms with Gasteiger partial charge < -0.3 is 20.1 Å². The first-order chi connectivity index (χ1) is 13.5. The van der Waals surface area contributed by atoms with Crippen LogP contribution in [0.2, 0.25) is 0 Å². The van der Waals surface area contributed by atoms with E-state index in [0.717, 1.165) is 0 Å². The number of ether oxygens (including phenoxy) is 2. The maximum Gasteiger partial charge on any atom is 0.305 e. The van der Waals surface area contributed by atoms with Crippen LogP contribution in [0.5, 0.6) is 5.75 Å². The summed E-state index contributed by atoms with van der Waals surface area (Å²) in [5, 5.41) is 5.55. The molecule has 7 nitrogen and oxygen atoms in total. The Bertz CT molecular complexity index is 818. The fourth-order valence-electron chi connectivity index (χ4n) is 2.47. The number of methoxy groups -OCH3 is 1. The topological polar surface area (TPSA) is 93.7 Å². The second-order valence-corrected chi connectivity index (χ2v) is 5.94. The highest BCUT2D eigenvalue weighted by Crippen LogP contribution is 2.24. The lowest BCUT2D eigenvalue weighted by Gasteiger charge is -2.11. The molecule has 0 aliphatic carbocycles. The normalized spacial score (nSPS) is 10.1. The second kappa shape index (κ2) is 10.7. The molecule has 0 fully saturated rings. The van der Waals surface area contributed by atoms with E-state index in [0.29, 0.717) is 35.7 Å². The first kappa shape index (κ1) is 21.0. The number of benzene rings is 2. The Morgan fingerprint density at radius 2 is 1.64 bits per heavy atom. The molecule has 0 unspecified atom stereocenters. The average Bonchev–Trinajstić information content (AvgIpc) is 2.70. The summed E-state index contributed by atoms with van der Waals surface area (Å²) in [6.07, 6.45) is 0.829. The van der Waals surface area contributed by atoms with Crippen LogP contribution in [-0.4, -0.2) is 31.5 Å². The fraction of sp³-hybridized carbons (Fsp3) is 0.286. The van der Waals surface area contributed by atoms with E-state index in [1.54, 1.807) is 36.4 Å². The van der Waals surface area contributed by atoms with Gasteiger partial charge in [0.15, 0.2) is 0 Å². The van der Waals surface area contributed by atoms with E-state index in [9.17, 15) is 14.4 Å². The zero-order valence-corrected chi connectivity index (χ0v) is 16.0. The van der Waals surface area contributed by atoms with Crippen LogP contribution in [0.4, 0.5) is 11.4 Å². The summed E-state index contributed by atoms with van der Waals surface area (Å²) in [4.78, 5) is 35.4. The minimum absolute atomic E-state index is 0.201. The van der Waals surface area contributed by atoms with Gasteiger partial charge in [0.2, 0.25) is 5.91 Å². The number of hydrogen-bond acceptors (Lipinski definition) is 5. The van der Waals surface area contributed by atoms with Crippen molar-refractivity contribution in [2.45, 2.75) is 26.2 Å². The predicted molar refractivity (Wildman–Crippen MR) is 107 cm³/mol. The molecule has 0 heterocycles. The lowest BCUT2D eigenvalue weighted by atomic mass is 10.1. The van der Waals surface area contributed by atoms with Gasteiger partial charge in [0.05, 0.1) is 19.4 Å². The molecule has 0 radical (unpaired) electrons. The Kier molecular flexibility index (Phi) is 8.02. The van der Waals surface area contributed by atoms with Crippen molar-refractivity contribution in [1.82, 2.24) is 0 Å². The van der Waals surface area contributed by atoms with E-state index in [1.807, 2.05) is 19.1 Å². The van der Waals surface area contributed by atoms with Gasteiger partial charge in [-0.2, -0.15) is 0 Å². The number of nitrogens with one attached hydrogen (secondary N) is 2. The maximum atomic E-state index is 12.4. The Morgan fingerprint density at radius 3 is 2.32 bits per heavy atom. The Balaban J connectivity index is 1.90. The van der Waals surface area contributed by atoms with Gasteiger partial charge in [-0.15, -0.1) is 0 Å². The van der Waals surface area contributed by atoms with Crippen LogP contribution in [0.15, 0.2) is 48.5 Å². The van der Waals surface area contributed by atoms with Crippen molar-refractivity contribution in [3.8, 4) is 5.75 Å². The number of carbonyl (C=O) groups excluding carboxylic acids is 3. The number of para-hydroxylation sites is 2. The Labute approximate surface area is 164 Å². The molecular weight excluding hydrogens is 360 g/mol. The third kappa shape index (κ3) is 6.42. The van der Waals surface area contributed by atoms with Crippen molar-refractivity contribution >= 4 is 29.2 Å². The SMILES string of the molecule is CCOc1ccccc1NC(=O)c1ccc(NC(=O)CCCC(=O)OC)cc1. The van der Waals surface area contributed by atoms with Crippen LogP contribution in [0.25, 0.3) is 0 Å². The standard InChI is InChI=1S/C21H24N2O5/c1-3-28-18-8-5-4-7-17(18)23-21(26)15-11-13-16(14-12-15)22-19(24)9-6-10-20(25)27-2/h4-5,7-8,11-14H,3,6,9-10H2,1-2H3,(H,22,24)(H,23,26). The van der Waals surface area contributed by atoms with E-state index < -0.39 is 0 Å². The summed E-state index contributed by atoms with van der Waals surface area (Å²) in [6.45, 7) is 2.38. The molecule has 0 aromatic heterocycles. The first-order valence-corrected chi connectivity index (χ1v) is 9.03. The lowest BCUT2D eigenvalue weighted by molar-refractivity contribution is -0.140. The molecule has 2 N–H and O–H groups in total. The molecule has 0 saturated carbocycles. The van der Waals surface area contributed by atoms with Crippen molar-refractivity contribution < 1.29 is 23.9 Å². The van der Waals surface area contributed by atoms with Crippen molar-refractivity contribution in [1.29, 1.82) is 0 Å². The molecule has 0 aliphatic rings. The molecule has 2 aromatic rings. The monoisotopic (exact) mass is 384 g/mol. The third-order valence-electron chi connectivity index (χ3n) is 3.88. The molecule has 2 rings (SSSR count). The number of esters is 1. The van der Waals surface area contributed by atoms with Crippen molar-refractivity contribution in [3.63, 3.8) is 0 Å². The largest absolute Gasteiger partial charge is 0.492 e. The molecule has 0 aliphatic heterocycles. The summed E-state index contributed by atoms with van der Waals surface area (Å²) in [7, 11) is 1.32. The van der Waals surface area contributed by atoms with Gasteiger partial charge in [0.25, 0.3) is 5.91 Å². The van der Waals surface area contributed by atoms with Crippen molar-refractivity contribution in [2.24, 2.45) is 0 Å². The van der Waals surface area contributed by atoms with Crippen LogP contribution >= 0.6 is 0 Å². The molecule has 0 spiro atoms. The van der Waals surface area contributed by atoms with Crippen LogP contribution in [-0.2, 0) is 14.3 Å². The highest BCUT2D eigenvalue weighted by Gasteiger charge is 2.10. The number of rotatable bonds is 9. The van der Waals surface area contributed by atoms with Crippen LogP contribution in [0.1, 0.15) is 36.5 Å². The maximum absolute atomic E-state index is 12.4. The van der Waals surface area contributed by atoms with E-state index >= 15 is 0 Å². The summed E-state index contributed by atoms with van der Waals surface area (Å²) in [6, 6.07) is 13.8. The zero-order chi connectivity index (χ0) is 20.4. The molecule has 2 amide bonds. The van der Waals surface area contributed by atoms with E-state index in [4.69, 9.17) is 4.74 Å². The number of carbonyl (C=O) groups is 3. The lowest BCUT2D eigenvalue weighted by Crippen LogP contribution is -2.14. The molecule has 148 valence electrons. The minimum atomic E-state index is -0.339. The summed E-state index contributed by atoms with van der Waals surface area (Å²) in [5.74, 6) is -0.210. The molecular formula is C21H24N2O5. The highest BCUT2D eigenvalue weighted by molar-refractivity contribution is 6.05. The minimum Gasteiger partial charge on any atom is -0.492 e. The van der Waals surface area contributed by atoms with Crippen LogP contribution < -0.4 is 15.4 Å². The number of amides is 2. The Hall–Kier alpha value is -3.35. The van der Waals surface area contributed by atoms with E-state index in [-0.39, 0.29) is 30.6 Å². The molecule has 2 aromatic carbocycles. The van der Waals surface area contributed by atoms with Crippen molar-refractivity contribution in [2.75, 3.05) is 24.4 Å². The van der Waals surface area contributed by atoms with Gasteiger partial charge in [-0.05, 0) is 49.7 Å². The molecule has 7 heteroatoms. The fourth-order valence-corrected chi connectivity index (χ4v) is 2.47. The quantitative estimate of drug-likeness (QED) is 0.644. The van der Waals surface area contributed by atoms with E-state index in [2.05, 4.69) is 15.4 Å². The van der Waals surface area contributed by atoms with Crippen molar-refractivity contribution in [3.05, 3.63) is 54.1 Å². The van der Waals surface area contributed by atoms with Gasteiger partial charge >= 0.3 is 5.97 Å². The van der Waals surface area contributed by atoms with E-state index in [1.165, 1.54) is 7.11 Å². The molecule has 28 heavy (non-hydrogen) atoms. The van der Waals surface area contributed by atoms with Gasteiger partial charge in [-0.3, -0.25) is 14.4 Å². The first-order valence-electron chi connectivity index (χ1n) is 9.03. The number of anilines is 2. The summed E-state index contributed by atoms with van der Waals surface area (Å²) < 4.78 is 10.0. The van der Waals surface area contributed by atoms with Gasteiger partial charge in [-0.25, -0.2) is 0 Å². The zero-order valence-electron chi connectivity index (χ0n) is 16.0. The van der Waals surface area contributed by atoms with Gasteiger partial charge in [0.1, 0.15) is 5.75 Å². The number of hydrogen-bond donors (Lipinski definition) is 2. The smallest absolute Gasteiger partial charge is 0.305 e. The summed E-state index contributed by atoms with van der Waals surface area (Å²) >= 11 is 0. The predicted octanol–water partition coefficient (Wildman–Crippen LogP) is 3.62. The Morgan fingerprint density at radius 1 is 0.929 bits per heavy atom. The highest BCUT2D eigenvalue weighted by atomic mass is 16.5. The third-order valence-corrected chi connectivity index (χ3v) is 3.88. The van der Waals surface area contributed by atoms with Crippen LogP contribution in [0, 0.1) is 0 Å².